The fraction of sp³-hybridized carbons (Fsp3) is 0.545. The van der Waals surface area contributed by atoms with Crippen molar-refractivity contribution in [2.75, 3.05) is 26.1 Å². The molecule has 2 rings (SSSR count). The molecule has 0 atom stereocenters. The molecule has 0 aliphatic heterocycles. The first-order valence-electron chi connectivity index (χ1n) is 5.08. The fourth-order valence-electron chi connectivity index (χ4n) is 1.46. The zero-order chi connectivity index (χ0) is 10.8. The minimum Gasteiger partial charge on any atom is -0.493 e. The summed E-state index contributed by atoms with van der Waals surface area (Å²) in [5.74, 6) is 1.56. The van der Waals surface area contributed by atoms with E-state index in [-0.39, 0.29) is 0 Å². The summed E-state index contributed by atoms with van der Waals surface area (Å²) < 4.78 is 11.0. The minimum atomic E-state index is 0.373. The molecule has 1 aromatic rings. The van der Waals surface area contributed by atoms with E-state index in [2.05, 4.69) is 4.98 Å². The van der Waals surface area contributed by atoms with E-state index in [0.717, 1.165) is 30.0 Å². The van der Waals surface area contributed by atoms with Gasteiger partial charge in [-0.05, 0) is 12.8 Å². The van der Waals surface area contributed by atoms with E-state index in [1.807, 2.05) is 19.0 Å². The number of hydrogen-bond donors (Lipinski definition) is 0. The first-order valence-corrected chi connectivity index (χ1v) is 5.08. The summed E-state index contributed by atoms with van der Waals surface area (Å²) in [6.07, 6.45) is 6.11. The van der Waals surface area contributed by atoms with Gasteiger partial charge in [-0.2, -0.15) is 0 Å². The van der Waals surface area contributed by atoms with Gasteiger partial charge in [0.1, 0.15) is 5.69 Å². The van der Waals surface area contributed by atoms with Crippen molar-refractivity contribution in [2.45, 2.75) is 18.9 Å². The lowest BCUT2D eigenvalue weighted by atomic mass is 10.3. The van der Waals surface area contributed by atoms with Gasteiger partial charge in [0.25, 0.3) is 0 Å². The third-order valence-electron chi connectivity index (χ3n) is 2.34. The van der Waals surface area contributed by atoms with Crippen LogP contribution in [0, 0.1) is 0 Å². The molecule has 0 aromatic carbocycles. The van der Waals surface area contributed by atoms with Crippen LogP contribution in [0.4, 0.5) is 5.69 Å². The molecule has 82 valence electrons. The molecule has 0 spiro atoms. The molecule has 1 aromatic heterocycles. The zero-order valence-corrected chi connectivity index (χ0v) is 9.36. The van der Waals surface area contributed by atoms with Crippen molar-refractivity contribution < 1.29 is 9.47 Å². The van der Waals surface area contributed by atoms with Crippen LogP contribution in [0.25, 0.3) is 0 Å². The van der Waals surface area contributed by atoms with Gasteiger partial charge in [-0.1, -0.05) is 0 Å². The highest BCUT2D eigenvalue weighted by molar-refractivity contribution is 5.65. The Bertz CT molecular complexity index is 348. The quantitative estimate of drug-likeness (QED) is 0.754. The van der Waals surface area contributed by atoms with E-state index in [4.69, 9.17) is 9.47 Å². The van der Waals surface area contributed by atoms with Crippen LogP contribution in [0.3, 0.4) is 0 Å². The summed E-state index contributed by atoms with van der Waals surface area (Å²) in [6.45, 7) is 0. The van der Waals surface area contributed by atoms with Gasteiger partial charge in [-0.25, -0.2) is 0 Å². The molecule has 1 heterocycles. The lowest BCUT2D eigenvalue weighted by Gasteiger charge is -2.19. The summed E-state index contributed by atoms with van der Waals surface area (Å²) in [7, 11) is 5.58. The van der Waals surface area contributed by atoms with Gasteiger partial charge in [0.2, 0.25) is 0 Å². The second-order valence-electron chi connectivity index (χ2n) is 3.90. The minimum absolute atomic E-state index is 0.373. The highest BCUT2D eigenvalue weighted by atomic mass is 16.5. The number of rotatable bonds is 4. The molecular weight excluding hydrogens is 192 g/mol. The predicted octanol–water partition coefficient (Wildman–Crippen LogP) is 1.70. The van der Waals surface area contributed by atoms with Crippen LogP contribution < -0.4 is 14.4 Å². The zero-order valence-electron chi connectivity index (χ0n) is 9.36. The number of hydrogen-bond acceptors (Lipinski definition) is 4. The highest BCUT2D eigenvalue weighted by Crippen LogP contribution is 2.38. The summed E-state index contributed by atoms with van der Waals surface area (Å²) >= 11 is 0. The van der Waals surface area contributed by atoms with Crippen molar-refractivity contribution in [2.24, 2.45) is 0 Å². The van der Waals surface area contributed by atoms with Crippen molar-refractivity contribution >= 4 is 5.69 Å². The number of ether oxygens (including phenoxy) is 2. The van der Waals surface area contributed by atoms with E-state index in [9.17, 15) is 0 Å². The first kappa shape index (κ1) is 10.1. The molecule has 1 aliphatic carbocycles. The van der Waals surface area contributed by atoms with E-state index in [1.165, 1.54) is 0 Å². The maximum absolute atomic E-state index is 5.78. The number of anilines is 1. The van der Waals surface area contributed by atoms with E-state index in [1.54, 1.807) is 19.5 Å². The second-order valence-corrected chi connectivity index (χ2v) is 3.90. The standard InChI is InChI=1S/C11H16N2O2/c1-13(2)11-9(14-3)6-12-7-10(11)15-8-4-5-8/h6-8H,4-5H2,1-3H3. The van der Waals surface area contributed by atoms with Gasteiger partial charge in [0, 0.05) is 14.1 Å². The molecule has 1 saturated carbocycles. The highest BCUT2D eigenvalue weighted by Gasteiger charge is 2.26. The van der Waals surface area contributed by atoms with Gasteiger partial charge >= 0.3 is 0 Å². The van der Waals surface area contributed by atoms with Crippen molar-refractivity contribution in [3.05, 3.63) is 12.4 Å². The van der Waals surface area contributed by atoms with Gasteiger partial charge in [-0.15, -0.1) is 0 Å². The van der Waals surface area contributed by atoms with E-state index >= 15 is 0 Å². The van der Waals surface area contributed by atoms with Crippen molar-refractivity contribution in [3.8, 4) is 11.5 Å². The Balaban J connectivity index is 2.32. The average molecular weight is 208 g/mol. The third-order valence-corrected chi connectivity index (χ3v) is 2.34. The summed E-state index contributed by atoms with van der Waals surface area (Å²) in [5, 5.41) is 0. The number of aromatic nitrogens is 1. The molecule has 0 unspecified atom stereocenters. The van der Waals surface area contributed by atoms with Crippen LogP contribution in [0.2, 0.25) is 0 Å². The summed E-state index contributed by atoms with van der Waals surface area (Å²) in [6, 6.07) is 0. The second kappa shape index (κ2) is 3.96. The first-order chi connectivity index (χ1) is 7.22. The maximum Gasteiger partial charge on any atom is 0.165 e. The van der Waals surface area contributed by atoms with Gasteiger partial charge < -0.3 is 14.4 Å². The predicted molar refractivity (Wildman–Crippen MR) is 58.8 cm³/mol. The Hall–Kier alpha value is -1.45. The Labute approximate surface area is 89.8 Å². The molecule has 0 bridgehead atoms. The van der Waals surface area contributed by atoms with Crippen LogP contribution in [0.5, 0.6) is 11.5 Å². The molecule has 0 amide bonds. The number of methoxy groups -OCH3 is 1. The number of pyridine rings is 1. The molecule has 15 heavy (non-hydrogen) atoms. The Morgan fingerprint density at radius 3 is 2.47 bits per heavy atom. The molecule has 0 saturated heterocycles. The maximum atomic E-state index is 5.78. The fourth-order valence-corrected chi connectivity index (χ4v) is 1.46. The van der Waals surface area contributed by atoms with Crippen LogP contribution >= 0.6 is 0 Å². The van der Waals surface area contributed by atoms with E-state index < -0.39 is 0 Å². The average Bonchev–Trinajstić information content (AvgIpc) is 3.01. The normalized spacial score (nSPS) is 14.9. The molecule has 0 N–H and O–H groups in total. The molecular formula is C11H16N2O2. The van der Waals surface area contributed by atoms with Crippen molar-refractivity contribution in [1.29, 1.82) is 0 Å². The largest absolute Gasteiger partial charge is 0.493 e. The van der Waals surface area contributed by atoms with Crippen LogP contribution in [-0.4, -0.2) is 32.3 Å². The van der Waals surface area contributed by atoms with Gasteiger partial charge in [0.15, 0.2) is 11.5 Å². The molecule has 4 heteroatoms. The molecule has 4 nitrogen and oxygen atoms in total. The molecule has 0 radical (unpaired) electrons. The smallest absolute Gasteiger partial charge is 0.165 e. The lowest BCUT2D eigenvalue weighted by molar-refractivity contribution is 0.300. The van der Waals surface area contributed by atoms with Crippen LogP contribution in [0.1, 0.15) is 12.8 Å². The summed E-state index contributed by atoms with van der Waals surface area (Å²) in [4.78, 5) is 6.09. The SMILES string of the molecule is COc1cncc(OC2CC2)c1N(C)C. The molecule has 1 aliphatic rings. The summed E-state index contributed by atoms with van der Waals surface area (Å²) in [5.41, 5.74) is 0.958. The monoisotopic (exact) mass is 208 g/mol. The Kier molecular flexibility index (Phi) is 2.66. The van der Waals surface area contributed by atoms with Crippen molar-refractivity contribution in [1.82, 2.24) is 4.98 Å². The Morgan fingerprint density at radius 1 is 1.27 bits per heavy atom. The van der Waals surface area contributed by atoms with Crippen LogP contribution in [0.15, 0.2) is 12.4 Å². The van der Waals surface area contributed by atoms with Gasteiger partial charge in [0.05, 0.1) is 25.6 Å². The number of nitrogens with zero attached hydrogens (tertiary/aromatic N) is 2. The lowest BCUT2D eigenvalue weighted by Crippen LogP contribution is -2.13. The third kappa shape index (κ3) is 2.14. The van der Waals surface area contributed by atoms with E-state index in [0.29, 0.717) is 6.10 Å². The molecule has 1 fully saturated rings. The van der Waals surface area contributed by atoms with Crippen LogP contribution in [-0.2, 0) is 0 Å². The van der Waals surface area contributed by atoms with Gasteiger partial charge in [-0.3, -0.25) is 4.98 Å². The van der Waals surface area contributed by atoms with Crippen molar-refractivity contribution in [3.63, 3.8) is 0 Å². The Morgan fingerprint density at radius 2 is 1.93 bits per heavy atom. The topological polar surface area (TPSA) is 34.6 Å².